The molecule has 2 heterocycles. The van der Waals surface area contributed by atoms with Gasteiger partial charge in [0.25, 0.3) is 5.91 Å². The summed E-state index contributed by atoms with van der Waals surface area (Å²) in [6, 6.07) is 14.4. The van der Waals surface area contributed by atoms with Crippen LogP contribution in [0.1, 0.15) is 5.56 Å². The maximum absolute atomic E-state index is 12.5. The molecule has 1 amide bonds. The molecule has 0 saturated carbocycles. The highest BCUT2D eigenvalue weighted by Gasteiger charge is 2.22. The summed E-state index contributed by atoms with van der Waals surface area (Å²) in [6.07, 6.45) is 0. The standard InChI is InChI=1S/C22H21ClN2O4/c1-15-12-22(27)29-20-13-16(6-7-17(15)20)28-14-21(26)25-10-8-24(9-11-25)19-5-3-2-4-18(19)23/h2-7,12-13H,8-11,14H2,1H3. The lowest BCUT2D eigenvalue weighted by Crippen LogP contribution is -2.50. The normalized spacial score (nSPS) is 14.3. The number of rotatable bonds is 4. The second kappa shape index (κ2) is 8.17. The zero-order valence-electron chi connectivity index (χ0n) is 16.1. The smallest absolute Gasteiger partial charge is 0.336 e. The second-order valence-electron chi connectivity index (χ2n) is 7.01. The van der Waals surface area contributed by atoms with E-state index in [1.54, 1.807) is 17.0 Å². The summed E-state index contributed by atoms with van der Waals surface area (Å²) in [5, 5.41) is 1.56. The van der Waals surface area contributed by atoms with Crippen molar-refractivity contribution in [3.63, 3.8) is 0 Å². The number of halogens is 1. The van der Waals surface area contributed by atoms with E-state index in [1.165, 1.54) is 6.07 Å². The first-order valence-electron chi connectivity index (χ1n) is 9.46. The first-order chi connectivity index (χ1) is 14.0. The molecule has 1 aliphatic heterocycles. The molecule has 150 valence electrons. The van der Waals surface area contributed by atoms with Gasteiger partial charge in [-0.15, -0.1) is 0 Å². The lowest BCUT2D eigenvalue weighted by molar-refractivity contribution is -0.133. The molecule has 1 aromatic heterocycles. The van der Waals surface area contributed by atoms with Crippen LogP contribution in [0.4, 0.5) is 5.69 Å². The fourth-order valence-corrected chi connectivity index (χ4v) is 3.79. The highest BCUT2D eigenvalue weighted by Crippen LogP contribution is 2.26. The van der Waals surface area contributed by atoms with E-state index in [4.69, 9.17) is 20.8 Å². The number of anilines is 1. The van der Waals surface area contributed by atoms with Gasteiger partial charge in [0.15, 0.2) is 6.61 Å². The number of hydrogen-bond donors (Lipinski definition) is 0. The highest BCUT2D eigenvalue weighted by molar-refractivity contribution is 6.33. The number of fused-ring (bicyclic) bond motifs is 1. The minimum absolute atomic E-state index is 0.0619. The Hall–Kier alpha value is -2.99. The van der Waals surface area contributed by atoms with Crippen molar-refractivity contribution in [1.29, 1.82) is 0 Å². The lowest BCUT2D eigenvalue weighted by Gasteiger charge is -2.36. The average Bonchev–Trinajstić information content (AvgIpc) is 2.72. The van der Waals surface area contributed by atoms with Gasteiger partial charge in [0.05, 0.1) is 10.7 Å². The van der Waals surface area contributed by atoms with E-state index in [0.29, 0.717) is 29.4 Å². The summed E-state index contributed by atoms with van der Waals surface area (Å²) in [6.45, 7) is 4.45. The number of carbonyl (C=O) groups is 1. The second-order valence-corrected chi connectivity index (χ2v) is 7.42. The van der Waals surface area contributed by atoms with Gasteiger partial charge in [0.1, 0.15) is 11.3 Å². The fourth-order valence-electron chi connectivity index (χ4n) is 3.54. The number of benzene rings is 2. The van der Waals surface area contributed by atoms with Crippen molar-refractivity contribution in [3.8, 4) is 5.75 Å². The van der Waals surface area contributed by atoms with Gasteiger partial charge in [-0.05, 0) is 36.8 Å². The van der Waals surface area contributed by atoms with Crippen LogP contribution in [0.5, 0.6) is 5.75 Å². The van der Waals surface area contributed by atoms with Crippen LogP contribution in [0.3, 0.4) is 0 Å². The van der Waals surface area contributed by atoms with Gasteiger partial charge in [-0.2, -0.15) is 0 Å². The maximum atomic E-state index is 12.5. The number of para-hydroxylation sites is 1. The molecule has 2 aromatic carbocycles. The van der Waals surface area contributed by atoms with E-state index < -0.39 is 5.63 Å². The summed E-state index contributed by atoms with van der Waals surface area (Å²) in [5.41, 5.74) is 1.88. The molecule has 29 heavy (non-hydrogen) atoms. The topological polar surface area (TPSA) is 63.0 Å². The van der Waals surface area contributed by atoms with Crippen LogP contribution in [-0.4, -0.2) is 43.6 Å². The number of nitrogens with zero attached hydrogens (tertiary/aromatic N) is 2. The van der Waals surface area contributed by atoms with E-state index in [-0.39, 0.29) is 12.5 Å². The molecule has 0 spiro atoms. The van der Waals surface area contributed by atoms with E-state index >= 15 is 0 Å². The predicted octanol–water partition coefficient (Wildman–Crippen LogP) is 3.48. The molecular formula is C22H21ClN2O4. The molecule has 0 aliphatic carbocycles. The van der Waals surface area contributed by atoms with Gasteiger partial charge in [-0.3, -0.25) is 4.79 Å². The Bertz CT molecular complexity index is 1100. The van der Waals surface area contributed by atoms with Crippen molar-refractivity contribution in [2.75, 3.05) is 37.7 Å². The van der Waals surface area contributed by atoms with Gasteiger partial charge < -0.3 is 19.0 Å². The van der Waals surface area contributed by atoms with Crippen molar-refractivity contribution in [3.05, 3.63) is 69.5 Å². The number of hydrogen-bond acceptors (Lipinski definition) is 5. The van der Waals surface area contributed by atoms with Crippen LogP contribution in [0.2, 0.25) is 5.02 Å². The van der Waals surface area contributed by atoms with Gasteiger partial charge in [0.2, 0.25) is 0 Å². The average molecular weight is 413 g/mol. The zero-order chi connectivity index (χ0) is 20.4. The van der Waals surface area contributed by atoms with Crippen molar-refractivity contribution >= 4 is 34.2 Å². The Labute approximate surface area is 173 Å². The van der Waals surface area contributed by atoms with Crippen LogP contribution in [0.15, 0.2) is 57.7 Å². The van der Waals surface area contributed by atoms with E-state index in [2.05, 4.69) is 4.90 Å². The predicted molar refractivity (Wildman–Crippen MR) is 113 cm³/mol. The molecular weight excluding hydrogens is 392 g/mol. The van der Waals surface area contributed by atoms with Crippen LogP contribution in [0.25, 0.3) is 11.0 Å². The number of ether oxygens (including phenoxy) is 1. The quantitative estimate of drug-likeness (QED) is 0.614. The molecule has 6 nitrogen and oxygen atoms in total. The van der Waals surface area contributed by atoms with Crippen LogP contribution < -0.4 is 15.3 Å². The third kappa shape index (κ3) is 4.22. The summed E-state index contributed by atoms with van der Waals surface area (Å²) in [5.74, 6) is 0.420. The molecule has 1 aliphatic rings. The molecule has 3 aromatic rings. The third-order valence-corrected chi connectivity index (χ3v) is 5.43. The van der Waals surface area contributed by atoms with Gasteiger partial charge in [-0.1, -0.05) is 23.7 Å². The minimum Gasteiger partial charge on any atom is -0.484 e. The molecule has 1 saturated heterocycles. The monoisotopic (exact) mass is 412 g/mol. The molecule has 1 fully saturated rings. The van der Waals surface area contributed by atoms with E-state index in [0.717, 1.165) is 29.7 Å². The fraction of sp³-hybridized carbons (Fsp3) is 0.273. The summed E-state index contributed by atoms with van der Waals surface area (Å²) in [4.78, 5) is 28.1. The van der Waals surface area contributed by atoms with Gasteiger partial charge >= 0.3 is 5.63 Å². The largest absolute Gasteiger partial charge is 0.484 e. The Morgan fingerprint density at radius 1 is 1.10 bits per heavy atom. The Morgan fingerprint density at radius 2 is 1.86 bits per heavy atom. The van der Waals surface area contributed by atoms with Crippen LogP contribution in [0, 0.1) is 6.92 Å². The molecule has 0 unspecified atom stereocenters. The molecule has 0 bridgehead atoms. The van der Waals surface area contributed by atoms with Gasteiger partial charge in [-0.25, -0.2) is 4.79 Å². The van der Waals surface area contributed by atoms with Crippen molar-refractivity contribution < 1.29 is 13.9 Å². The Balaban J connectivity index is 1.35. The maximum Gasteiger partial charge on any atom is 0.336 e. The first-order valence-corrected chi connectivity index (χ1v) is 9.83. The zero-order valence-corrected chi connectivity index (χ0v) is 16.8. The van der Waals surface area contributed by atoms with Crippen LogP contribution in [-0.2, 0) is 4.79 Å². The summed E-state index contributed by atoms with van der Waals surface area (Å²) >= 11 is 6.27. The number of aryl methyl sites for hydroxylation is 1. The molecule has 0 radical (unpaired) electrons. The molecule has 0 N–H and O–H groups in total. The summed E-state index contributed by atoms with van der Waals surface area (Å²) < 4.78 is 10.9. The Kier molecular flexibility index (Phi) is 5.45. The van der Waals surface area contributed by atoms with E-state index in [9.17, 15) is 9.59 Å². The lowest BCUT2D eigenvalue weighted by atomic mass is 10.1. The minimum atomic E-state index is -0.403. The first kappa shape index (κ1) is 19.3. The Morgan fingerprint density at radius 3 is 2.62 bits per heavy atom. The summed E-state index contributed by atoms with van der Waals surface area (Å²) in [7, 11) is 0. The molecule has 0 atom stereocenters. The highest BCUT2D eigenvalue weighted by atomic mass is 35.5. The van der Waals surface area contributed by atoms with Crippen molar-refractivity contribution in [2.24, 2.45) is 0 Å². The number of carbonyl (C=O) groups excluding carboxylic acids is 1. The van der Waals surface area contributed by atoms with Crippen LogP contribution >= 0.6 is 11.6 Å². The van der Waals surface area contributed by atoms with E-state index in [1.807, 2.05) is 37.3 Å². The van der Waals surface area contributed by atoms with Crippen molar-refractivity contribution in [1.82, 2.24) is 4.90 Å². The van der Waals surface area contributed by atoms with Gasteiger partial charge in [0, 0.05) is 43.7 Å². The third-order valence-electron chi connectivity index (χ3n) is 5.11. The number of amides is 1. The molecule has 4 rings (SSSR count). The SMILES string of the molecule is Cc1cc(=O)oc2cc(OCC(=O)N3CCN(c4ccccc4Cl)CC3)ccc12. The number of piperazine rings is 1. The molecule has 7 heteroatoms. The van der Waals surface area contributed by atoms with Crippen molar-refractivity contribution in [2.45, 2.75) is 6.92 Å².